The number of carbonyl (C=O) groups excluding carboxylic acids is 1. The van der Waals surface area contributed by atoms with Gasteiger partial charge in [0.2, 0.25) is 12.7 Å². The first-order valence-electron chi connectivity index (χ1n) is 7.44. The van der Waals surface area contributed by atoms with Crippen LogP contribution in [0.25, 0.3) is 0 Å². The lowest BCUT2D eigenvalue weighted by Crippen LogP contribution is -2.47. The van der Waals surface area contributed by atoms with Crippen molar-refractivity contribution < 1.29 is 19.0 Å². The zero-order valence-corrected chi connectivity index (χ0v) is 13.5. The summed E-state index contributed by atoms with van der Waals surface area (Å²) in [5.74, 6) is 2.07. The molecule has 0 saturated heterocycles. The van der Waals surface area contributed by atoms with Gasteiger partial charge in [0.15, 0.2) is 11.5 Å². The van der Waals surface area contributed by atoms with Gasteiger partial charge in [-0.25, -0.2) is 0 Å². The number of fused-ring (bicyclic) bond motifs is 1. The number of nitrogens with one attached hydrogen (secondary N) is 1. The van der Waals surface area contributed by atoms with Crippen LogP contribution in [-0.4, -0.2) is 31.9 Å². The molecule has 3 N–H and O–H groups in total. The number of hydrogen-bond acceptors (Lipinski definition) is 5. The lowest BCUT2D eigenvalue weighted by molar-refractivity contribution is -0.123. The number of benzene rings is 1. The summed E-state index contributed by atoms with van der Waals surface area (Å²) in [5, 5.41) is 2.94. The summed E-state index contributed by atoms with van der Waals surface area (Å²) in [6.07, 6.45) is 0.621. The molecule has 0 bridgehead atoms. The van der Waals surface area contributed by atoms with Crippen LogP contribution in [0.5, 0.6) is 17.2 Å². The van der Waals surface area contributed by atoms with Gasteiger partial charge in [-0.15, -0.1) is 0 Å². The second-order valence-corrected chi connectivity index (χ2v) is 5.90. The van der Waals surface area contributed by atoms with Gasteiger partial charge < -0.3 is 25.3 Å². The topological polar surface area (TPSA) is 82.8 Å². The van der Waals surface area contributed by atoms with Crippen molar-refractivity contribution in [1.29, 1.82) is 0 Å². The minimum Gasteiger partial charge on any atom is -0.496 e. The zero-order valence-electron chi connectivity index (χ0n) is 13.5. The molecule has 1 aliphatic heterocycles. The van der Waals surface area contributed by atoms with Crippen molar-refractivity contribution in [2.24, 2.45) is 11.7 Å². The van der Waals surface area contributed by atoms with Gasteiger partial charge in [0.05, 0.1) is 13.2 Å². The number of rotatable bonds is 6. The lowest BCUT2D eigenvalue weighted by Gasteiger charge is -2.20. The van der Waals surface area contributed by atoms with Gasteiger partial charge in [-0.3, -0.25) is 4.79 Å². The van der Waals surface area contributed by atoms with E-state index in [0.717, 1.165) is 11.3 Å². The highest BCUT2D eigenvalue weighted by atomic mass is 16.7. The number of nitrogens with two attached hydrogens (primary N) is 1. The minimum atomic E-state index is -0.499. The largest absolute Gasteiger partial charge is 0.496 e. The molecule has 0 saturated carbocycles. The van der Waals surface area contributed by atoms with Crippen molar-refractivity contribution in [2.75, 3.05) is 13.9 Å². The van der Waals surface area contributed by atoms with Gasteiger partial charge in [0.1, 0.15) is 5.75 Å². The lowest BCUT2D eigenvalue weighted by atomic mass is 10.0. The zero-order chi connectivity index (χ0) is 16.3. The molecule has 0 aliphatic carbocycles. The molecular weight excluding hydrogens is 284 g/mol. The Balaban J connectivity index is 2.05. The predicted octanol–water partition coefficient (Wildman–Crippen LogP) is 1.45. The second-order valence-electron chi connectivity index (χ2n) is 5.90. The van der Waals surface area contributed by atoms with E-state index in [9.17, 15) is 4.79 Å². The molecular formula is C16H24N2O4. The molecule has 122 valence electrons. The average Bonchev–Trinajstić information content (AvgIpc) is 2.92. The molecule has 1 aromatic carbocycles. The molecule has 2 unspecified atom stereocenters. The fraction of sp³-hybridized carbons (Fsp3) is 0.562. The standard InChI is InChI=1S/C16H24N2O4/c1-9(2)15(17)16(19)18-10(3)5-11-6-13-14(22-8-21-13)7-12(11)20-4/h6-7,9-10,15H,5,8,17H2,1-4H3,(H,18,19). The van der Waals surface area contributed by atoms with Crippen LogP contribution in [0.1, 0.15) is 26.3 Å². The molecule has 0 radical (unpaired) electrons. The molecule has 6 heteroatoms. The van der Waals surface area contributed by atoms with E-state index in [1.807, 2.05) is 32.9 Å². The van der Waals surface area contributed by atoms with Crippen molar-refractivity contribution >= 4 is 5.91 Å². The number of hydrogen-bond donors (Lipinski definition) is 2. The Labute approximate surface area is 130 Å². The summed E-state index contributed by atoms with van der Waals surface area (Å²) in [4.78, 5) is 12.0. The Hall–Kier alpha value is -1.95. The second kappa shape index (κ2) is 6.87. The van der Waals surface area contributed by atoms with Crippen molar-refractivity contribution in [2.45, 2.75) is 39.3 Å². The third kappa shape index (κ3) is 3.62. The van der Waals surface area contributed by atoms with E-state index >= 15 is 0 Å². The van der Waals surface area contributed by atoms with Crippen LogP contribution < -0.4 is 25.3 Å². The molecule has 2 rings (SSSR count). The van der Waals surface area contributed by atoms with E-state index in [-0.39, 0.29) is 24.7 Å². The van der Waals surface area contributed by atoms with Crippen LogP contribution in [-0.2, 0) is 11.2 Å². The highest BCUT2D eigenvalue weighted by Crippen LogP contribution is 2.38. The van der Waals surface area contributed by atoms with Crippen molar-refractivity contribution in [1.82, 2.24) is 5.32 Å². The van der Waals surface area contributed by atoms with Gasteiger partial charge in [0.25, 0.3) is 0 Å². The highest BCUT2D eigenvalue weighted by molar-refractivity contribution is 5.82. The molecule has 0 fully saturated rings. The maximum atomic E-state index is 12.0. The quantitative estimate of drug-likeness (QED) is 0.831. The third-order valence-electron chi connectivity index (χ3n) is 3.71. The molecule has 0 spiro atoms. The molecule has 6 nitrogen and oxygen atoms in total. The summed E-state index contributed by atoms with van der Waals surface area (Å²) in [6, 6.07) is 3.14. The molecule has 2 atom stereocenters. The smallest absolute Gasteiger partial charge is 0.237 e. The Morgan fingerprint density at radius 3 is 2.55 bits per heavy atom. The van der Waals surface area contributed by atoms with E-state index in [1.165, 1.54) is 0 Å². The minimum absolute atomic E-state index is 0.0634. The van der Waals surface area contributed by atoms with Crippen LogP contribution in [0.4, 0.5) is 0 Å². The Morgan fingerprint density at radius 1 is 1.32 bits per heavy atom. The van der Waals surface area contributed by atoms with Crippen molar-refractivity contribution in [3.8, 4) is 17.2 Å². The van der Waals surface area contributed by atoms with Crippen LogP contribution in [0.2, 0.25) is 0 Å². The van der Waals surface area contributed by atoms with Crippen molar-refractivity contribution in [3.05, 3.63) is 17.7 Å². The Morgan fingerprint density at radius 2 is 1.95 bits per heavy atom. The SMILES string of the molecule is COc1cc2c(cc1CC(C)NC(=O)C(N)C(C)C)OCO2. The third-order valence-corrected chi connectivity index (χ3v) is 3.71. The summed E-state index contributed by atoms with van der Waals surface area (Å²) in [6.45, 7) is 6.01. The van der Waals surface area contributed by atoms with Gasteiger partial charge in [-0.05, 0) is 25.3 Å². The number of ether oxygens (including phenoxy) is 3. The fourth-order valence-electron chi connectivity index (χ4n) is 2.34. The predicted molar refractivity (Wildman–Crippen MR) is 83.2 cm³/mol. The monoisotopic (exact) mass is 308 g/mol. The van der Waals surface area contributed by atoms with E-state index in [0.29, 0.717) is 17.9 Å². The molecule has 1 aromatic rings. The summed E-state index contributed by atoms with van der Waals surface area (Å²) in [5.41, 5.74) is 6.81. The van der Waals surface area contributed by atoms with Crippen LogP contribution in [0.3, 0.4) is 0 Å². The Bertz CT molecular complexity index is 545. The van der Waals surface area contributed by atoms with E-state index in [2.05, 4.69) is 5.32 Å². The summed E-state index contributed by atoms with van der Waals surface area (Å²) >= 11 is 0. The first-order valence-corrected chi connectivity index (χ1v) is 7.44. The molecule has 1 heterocycles. The molecule has 1 aliphatic rings. The maximum absolute atomic E-state index is 12.0. The first-order chi connectivity index (χ1) is 10.4. The van der Waals surface area contributed by atoms with Gasteiger partial charge in [0, 0.05) is 17.7 Å². The number of methoxy groups -OCH3 is 1. The normalized spacial score (nSPS) is 15.5. The molecule has 22 heavy (non-hydrogen) atoms. The van der Waals surface area contributed by atoms with E-state index in [1.54, 1.807) is 7.11 Å². The fourth-order valence-corrected chi connectivity index (χ4v) is 2.34. The number of carbonyl (C=O) groups is 1. The van der Waals surface area contributed by atoms with Crippen molar-refractivity contribution in [3.63, 3.8) is 0 Å². The number of amides is 1. The van der Waals surface area contributed by atoms with Crippen LogP contribution in [0.15, 0.2) is 12.1 Å². The van der Waals surface area contributed by atoms with E-state index in [4.69, 9.17) is 19.9 Å². The van der Waals surface area contributed by atoms with E-state index < -0.39 is 6.04 Å². The van der Waals surface area contributed by atoms with Gasteiger partial charge in [-0.2, -0.15) is 0 Å². The first kappa shape index (κ1) is 16.4. The van der Waals surface area contributed by atoms with Crippen LogP contribution in [0, 0.1) is 5.92 Å². The van der Waals surface area contributed by atoms with Crippen LogP contribution >= 0.6 is 0 Å². The maximum Gasteiger partial charge on any atom is 0.237 e. The van der Waals surface area contributed by atoms with Gasteiger partial charge >= 0.3 is 0 Å². The average molecular weight is 308 g/mol. The van der Waals surface area contributed by atoms with Gasteiger partial charge in [-0.1, -0.05) is 13.8 Å². The Kier molecular flexibility index (Phi) is 5.13. The summed E-state index contributed by atoms with van der Waals surface area (Å²) < 4.78 is 16.1. The molecule has 0 aromatic heterocycles. The highest BCUT2D eigenvalue weighted by Gasteiger charge is 2.22. The molecule has 1 amide bonds. The summed E-state index contributed by atoms with van der Waals surface area (Å²) in [7, 11) is 1.61.